The molecule has 2 aromatic carbocycles. The number of hydrogen-bond donors (Lipinski definition) is 1. The van der Waals surface area contributed by atoms with E-state index in [2.05, 4.69) is 45.9 Å². The predicted octanol–water partition coefficient (Wildman–Crippen LogP) is 4.26. The van der Waals surface area contributed by atoms with Crippen LogP contribution in [0.15, 0.2) is 36.4 Å². The fourth-order valence-corrected chi connectivity index (χ4v) is 2.90. The molecule has 0 saturated heterocycles. The maximum absolute atomic E-state index is 10.8. The standard InChI is InChI=1S/C18H22O/c1-5-15-8-6-7-9-16(15)18(19)17-13(3)10-12(2)11-14(17)4/h6-11,18-19H,5H2,1-4H3. The van der Waals surface area contributed by atoms with Gasteiger partial charge in [-0.25, -0.2) is 0 Å². The first-order valence-corrected chi connectivity index (χ1v) is 6.88. The van der Waals surface area contributed by atoms with Gasteiger partial charge in [0.25, 0.3) is 0 Å². The van der Waals surface area contributed by atoms with E-state index in [0.29, 0.717) is 0 Å². The van der Waals surface area contributed by atoms with Crippen molar-refractivity contribution in [1.82, 2.24) is 0 Å². The molecule has 0 fully saturated rings. The number of rotatable bonds is 3. The van der Waals surface area contributed by atoms with Crippen LogP contribution in [0.1, 0.15) is 46.4 Å². The average Bonchev–Trinajstić information content (AvgIpc) is 2.37. The van der Waals surface area contributed by atoms with Gasteiger partial charge in [-0.2, -0.15) is 0 Å². The van der Waals surface area contributed by atoms with Crippen LogP contribution >= 0.6 is 0 Å². The van der Waals surface area contributed by atoms with E-state index in [1.54, 1.807) is 0 Å². The SMILES string of the molecule is CCc1ccccc1C(O)c1c(C)cc(C)cc1C. The maximum atomic E-state index is 10.8. The van der Waals surface area contributed by atoms with Crippen LogP contribution in [-0.2, 0) is 6.42 Å². The Bertz CT molecular complexity index is 561. The molecule has 0 aliphatic heterocycles. The number of hydrogen-bond acceptors (Lipinski definition) is 1. The number of aryl methyl sites for hydroxylation is 4. The van der Waals surface area contributed by atoms with E-state index < -0.39 is 6.10 Å². The zero-order chi connectivity index (χ0) is 14.0. The zero-order valence-electron chi connectivity index (χ0n) is 12.2. The Hall–Kier alpha value is -1.60. The molecule has 2 rings (SSSR count). The number of aliphatic hydroxyl groups is 1. The summed E-state index contributed by atoms with van der Waals surface area (Å²) in [5, 5.41) is 10.8. The monoisotopic (exact) mass is 254 g/mol. The van der Waals surface area contributed by atoms with Crippen LogP contribution in [0.3, 0.4) is 0 Å². The normalized spacial score (nSPS) is 12.5. The quantitative estimate of drug-likeness (QED) is 0.868. The first-order valence-electron chi connectivity index (χ1n) is 6.88. The molecule has 1 atom stereocenters. The van der Waals surface area contributed by atoms with Gasteiger partial charge in [-0.3, -0.25) is 0 Å². The molecule has 1 N–H and O–H groups in total. The van der Waals surface area contributed by atoms with Crippen molar-refractivity contribution in [3.8, 4) is 0 Å². The van der Waals surface area contributed by atoms with Gasteiger partial charge in [0.05, 0.1) is 0 Å². The summed E-state index contributed by atoms with van der Waals surface area (Å²) in [7, 11) is 0. The Morgan fingerprint density at radius 2 is 1.58 bits per heavy atom. The van der Waals surface area contributed by atoms with Crippen LogP contribution in [-0.4, -0.2) is 5.11 Å². The first kappa shape index (κ1) is 13.8. The van der Waals surface area contributed by atoms with E-state index >= 15 is 0 Å². The van der Waals surface area contributed by atoms with Gasteiger partial charge in [-0.1, -0.05) is 48.9 Å². The second-order valence-corrected chi connectivity index (χ2v) is 5.27. The van der Waals surface area contributed by atoms with Crippen molar-refractivity contribution >= 4 is 0 Å². The van der Waals surface area contributed by atoms with Crippen molar-refractivity contribution in [2.75, 3.05) is 0 Å². The Morgan fingerprint density at radius 3 is 2.16 bits per heavy atom. The van der Waals surface area contributed by atoms with Gasteiger partial charge in [0.2, 0.25) is 0 Å². The van der Waals surface area contributed by atoms with Crippen LogP contribution in [0.2, 0.25) is 0 Å². The highest BCUT2D eigenvalue weighted by Crippen LogP contribution is 2.30. The van der Waals surface area contributed by atoms with Crippen LogP contribution < -0.4 is 0 Å². The third-order valence-corrected chi connectivity index (χ3v) is 3.74. The van der Waals surface area contributed by atoms with E-state index in [4.69, 9.17) is 0 Å². The lowest BCUT2D eigenvalue weighted by molar-refractivity contribution is 0.217. The number of aliphatic hydroxyl groups excluding tert-OH is 1. The van der Waals surface area contributed by atoms with Gasteiger partial charge < -0.3 is 5.11 Å². The summed E-state index contributed by atoms with van der Waals surface area (Å²) in [5.74, 6) is 0. The molecule has 19 heavy (non-hydrogen) atoms. The minimum Gasteiger partial charge on any atom is -0.384 e. The highest BCUT2D eigenvalue weighted by atomic mass is 16.3. The van der Waals surface area contributed by atoms with E-state index in [1.165, 1.54) is 11.1 Å². The molecule has 0 bridgehead atoms. The zero-order valence-corrected chi connectivity index (χ0v) is 12.2. The molecule has 0 aliphatic rings. The second-order valence-electron chi connectivity index (χ2n) is 5.27. The molecule has 0 radical (unpaired) electrons. The Balaban J connectivity index is 2.53. The summed E-state index contributed by atoms with van der Waals surface area (Å²) in [4.78, 5) is 0. The predicted molar refractivity (Wildman–Crippen MR) is 80.5 cm³/mol. The van der Waals surface area contributed by atoms with E-state index in [9.17, 15) is 5.11 Å². The van der Waals surface area contributed by atoms with Gasteiger partial charge in [0.1, 0.15) is 6.10 Å². The third-order valence-electron chi connectivity index (χ3n) is 3.74. The molecule has 1 heteroatoms. The fraction of sp³-hybridized carbons (Fsp3) is 0.333. The van der Waals surface area contributed by atoms with Gasteiger partial charge in [0.15, 0.2) is 0 Å². The molecular weight excluding hydrogens is 232 g/mol. The van der Waals surface area contributed by atoms with Crippen LogP contribution in [0.5, 0.6) is 0 Å². The summed E-state index contributed by atoms with van der Waals surface area (Å²) >= 11 is 0. The molecule has 1 unspecified atom stereocenters. The highest BCUT2D eigenvalue weighted by Gasteiger charge is 2.17. The van der Waals surface area contributed by atoms with Gasteiger partial charge in [-0.15, -0.1) is 0 Å². The van der Waals surface area contributed by atoms with E-state index in [1.807, 2.05) is 18.2 Å². The molecule has 0 amide bonds. The lowest BCUT2D eigenvalue weighted by atomic mass is 9.89. The smallest absolute Gasteiger partial charge is 0.105 e. The van der Waals surface area contributed by atoms with Gasteiger partial charge >= 0.3 is 0 Å². The molecule has 0 aliphatic carbocycles. The first-order chi connectivity index (χ1) is 9.04. The van der Waals surface area contributed by atoms with E-state index in [0.717, 1.165) is 28.7 Å². The molecule has 0 heterocycles. The van der Waals surface area contributed by atoms with Crippen molar-refractivity contribution in [3.05, 3.63) is 69.8 Å². The maximum Gasteiger partial charge on any atom is 0.105 e. The van der Waals surface area contributed by atoms with Crippen molar-refractivity contribution in [2.45, 2.75) is 40.2 Å². The summed E-state index contributed by atoms with van der Waals surface area (Å²) in [6.45, 7) is 8.37. The topological polar surface area (TPSA) is 20.2 Å². The summed E-state index contributed by atoms with van der Waals surface area (Å²) < 4.78 is 0. The number of benzene rings is 2. The Kier molecular flexibility index (Phi) is 4.06. The molecule has 1 nitrogen and oxygen atoms in total. The molecular formula is C18H22O. The highest BCUT2D eigenvalue weighted by molar-refractivity contribution is 5.44. The molecule has 0 aromatic heterocycles. The van der Waals surface area contributed by atoms with Crippen molar-refractivity contribution in [3.63, 3.8) is 0 Å². The Labute approximate surface area is 115 Å². The fourth-order valence-electron chi connectivity index (χ4n) is 2.90. The lowest BCUT2D eigenvalue weighted by Gasteiger charge is -2.20. The minimum atomic E-state index is -0.531. The van der Waals surface area contributed by atoms with Gasteiger partial charge in [0, 0.05) is 0 Å². The van der Waals surface area contributed by atoms with E-state index in [-0.39, 0.29) is 0 Å². The Morgan fingerprint density at radius 1 is 1.00 bits per heavy atom. The van der Waals surface area contributed by atoms with Crippen LogP contribution in [0, 0.1) is 20.8 Å². The summed E-state index contributed by atoms with van der Waals surface area (Å²) in [6.07, 6.45) is 0.411. The van der Waals surface area contributed by atoms with Crippen LogP contribution in [0.4, 0.5) is 0 Å². The largest absolute Gasteiger partial charge is 0.384 e. The molecule has 0 spiro atoms. The average molecular weight is 254 g/mol. The lowest BCUT2D eigenvalue weighted by Crippen LogP contribution is -2.07. The molecule has 0 saturated carbocycles. The minimum absolute atomic E-state index is 0.531. The van der Waals surface area contributed by atoms with Crippen molar-refractivity contribution in [2.24, 2.45) is 0 Å². The van der Waals surface area contributed by atoms with Crippen LogP contribution in [0.25, 0.3) is 0 Å². The third kappa shape index (κ3) is 2.71. The van der Waals surface area contributed by atoms with Gasteiger partial charge in [-0.05, 0) is 55.0 Å². The molecule has 100 valence electrons. The second kappa shape index (κ2) is 5.58. The summed E-state index contributed by atoms with van der Waals surface area (Å²) in [5.41, 5.74) is 6.86. The molecule has 2 aromatic rings. The van der Waals surface area contributed by atoms with Crippen molar-refractivity contribution in [1.29, 1.82) is 0 Å². The van der Waals surface area contributed by atoms with Crippen molar-refractivity contribution < 1.29 is 5.11 Å². The summed E-state index contributed by atoms with van der Waals surface area (Å²) in [6, 6.07) is 12.4.